The van der Waals surface area contributed by atoms with Crippen molar-refractivity contribution in [2.45, 2.75) is 71.3 Å². The first-order chi connectivity index (χ1) is 11.4. The molecule has 24 heavy (non-hydrogen) atoms. The summed E-state index contributed by atoms with van der Waals surface area (Å²) < 4.78 is 0. The van der Waals surface area contributed by atoms with Crippen molar-refractivity contribution in [2.75, 3.05) is 6.61 Å². The average Bonchev–Trinajstić information content (AvgIpc) is 2.89. The monoisotopic (exact) mass is 332 g/mol. The highest BCUT2D eigenvalue weighted by Crippen LogP contribution is 2.66. The van der Waals surface area contributed by atoms with E-state index >= 15 is 0 Å². The SMILES string of the molecule is C[C@]12C[C@H](O)[C@H]3[C@@H](CCC4=CCCC[C@@]43C)[C@@H]1CC[C@@H]2C(=O)CO. The van der Waals surface area contributed by atoms with Crippen LogP contribution in [0.15, 0.2) is 11.6 Å². The Kier molecular flexibility index (Phi) is 3.96. The average molecular weight is 332 g/mol. The number of Topliss-reactive ketones (excluding diaryl/α,β-unsaturated/α-hetero) is 1. The summed E-state index contributed by atoms with van der Waals surface area (Å²) in [6.45, 7) is 4.27. The van der Waals surface area contributed by atoms with Gasteiger partial charge in [-0.05, 0) is 80.0 Å². The molecule has 3 fully saturated rings. The minimum absolute atomic E-state index is 0.00841. The summed E-state index contributed by atoms with van der Waals surface area (Å²) in [5.74, 6) is 1.37. The van der Waals surface area contributed by atoms with Crippen LogP contribution in [0.4, 0.5) is 0 Å². The van der Waals surface area contributed by atoms with Crippen molar-refractivity contribution in [2.24, 2.45) is 34.5 Å². The number of fused-ring (bicyclic) bond motifs is 5. The number of carbonyl (C=O) groups excluding carboxylic acids is 1. The fourth-order valence-corrected chi connectivity index (χ4v) is 7.52. The summed E-state index contributed by atoms with van der Waals surface area (Å²) in [6.07, 6.45) is 10.9. The van der Waals surface area contributed by atoms with Crippen molar-refractivity contribution in [1.29, 1.82) is 0 Å². The van der Waals surface area contributed by atoms with Gasteiger partial charge in [0.05, 0.1) is 6.10 Å². The van der Waals surface area contributed by atoms with Crippen LogP contribution < -0.4 is 0 Å². The van der Waals surface area contributed by atoms with Crippen LogP contribution in [0, 0.1) is 34.5 Å². The van der Waals surface area contributed by atoms with Crippen molar-refractivity contribution < 1.29 is 15.0 Å². The molecule has 3 heteroatoms. The lowest BCUT2D eigenvalue weighted by Crippen LogP contribution is -2.56. The number of carbonyl (C=O) groups is 1. The van der Waals surface area contributed by atoms with Gasteiger partial charge in [-0.25, -0.2) is 0 Å². The van der Waals surface area contributed by atoms with Crippen molar-refractivity contribution in [3.63, 3.8) is 0 Å². The summed E-state index contributed by atoms with van der Waals surface area (Å²) >= 11 is 0. The van der Waals surface area contributed by atoms with Gasteiger partial charge in [0.2, 0.25) is 0 Å². The molecule has 3 nitrogen and oxygen atoms in total. The van der Waals surface area contributed by atoms with E-state index in [1.54, 1.807) is 5.57 Å². The van der Waals surface area contributed by atoms with E-state index in [9.17, 15) is 15.0 Å². The predicted octanol–water partition coefficient (Wildman–Crippen LogP) is 3.49. The minimum Gasteiger partial charge on any atom is -0.393 e. The summed E-state index contributed by atoms with van der Waals surface area (Å²) in [6, 6.07) is 0. The number of ketones is 1. The van der Waals surface area contributed by atoms with Gasteiger partial charge >= 0.3 is 0 Å². The third-order valence-corrected chi connectivity index (χ3v) is 8.50. The molecule has 0 radical (unpaired) electrons. The minimum atomic E-state index is -0.345. The van der Waals surface area contributed by atoms with Crippen LogP contribution >= 0.6 is 0 Å². The maximum Gasteiger partial charge on any atom is 0.161 e. The van der Waals surface area contributed by atoms with Crippen molar-refractivity contribution in [3.8, 4) is 0 Å². The van der Waals surface area contributed by atoms with E-state index in [4.69, 9.17) is 0 Å². The molecule has 0 bridgehead atoms. The Morgan fingerprint density at radius 1 is 1.29 bits per heavy atom. The first-order valence-corrected chi connectivity index (χ1v) is 9.93. The lowest BCUT2D eigenvalue weighted by molar-refractivity contribution is -0.145. The summed E-state index contributed by atoms with van der Waals surface area (Å²) in [5, 5.41) is 20.6. The molecule has 4 aliphatic rings. The molecule has 0 spiro atoms. The number of aliphatic hydroxyl groups excluding tert-OH is 2. The first-order valence-electron chi connectivity index (χ1n) is 9.93. The summed E-state index contributed by atoms with van der Waals surface area (Å²) in [7, 11) is 0. The highest BCUT2D eigenvalue weighted by atomic mass is 16.3. The standard InChI is InChI=1S/C21H32O3/c1-20-10-4-3-5-13(20)6-7-14-15-8-9-16(18(24)12-22)21(15,2)11-17(23)19(14)20/h5,14-17,19,22-23H,3-4,6-12H2,1-2H3/t14-,15-,16+,17-,19+,20-,21-/m0/s1. The van der Waals surface area contributed by atoms with Crippen LogP contribution in [0.3, 0.4) is 0 Å². The second kappa shape index (κ2) is 5.67. The van der Waals surface area contributed by atoms with Gasteiger partial charge < -0.3 is 10.2 Å². The predicted molar refractivity (Wildman–Crippen MR) is 93.3 cm³/mol. The van der Waals surface area contributed by atoms with E-state index in [2.05, 4.69) is 19.9 Å². The molecule has 0 aromatic carbocycles. The molecule has 134 valence electrons. The largest absolute Gasteiger partial charge is 0.393 e. The van der Waals surface area contributed by atoms with Gasteiger partial charge in [0.15, 0.2) is 5.78 Å². The fraction of sp³-hybridized carbons (Fsp3) is 0.857. The smallest absolute Gasteiger partial charge is 0.161 e. The number of hydrogen-bond donors (Lipinski definition) is 2. The van der Waals surface area contributed by atoms with Gasteiger partial charge in [0, 0.05) is 5.92 Å². The molecule has 4 aliphatic carbocycles. The molecule has 3 saturated carbocycles. The van der Waals surface area contributed by atoms with E-state index < -0.39 is 0 Å². The molecule has 0 heterocycles. The molecule has 0 amide bonds. The van der Waals surface area contributed by atoms with Gasteiger partial charge in [0.25, 0.3) is 0 Å². The van der Waals surface area contributed by atoms with Crippen molar-refractivity contribution >= 4 is 5.78 Å². The third-order valence-electron chi connectivity index (χ3n) is 8.50. The second-order valence-corrected chi connectivity index (χ2v) is 9.41. The van der Waals surface area contributed by atoms with Crippen LogP contribution in [-0.2, 0) is 4.79 Å². The first kappa shape index (κ1) is 16.8. The maximum atomic E-state index is 12.3. The lowest BCUT2D eigenvalue weighted by Gasteiger charge is -2.59. The Bertz CT molecular complexity index is 567. The third kappa shape index (κ3) is 2.13. The van der Waals surface area contributed by atoms with Crippen molar-refractivity contribution in [3.05, 3.63) is 11.6 Å². The van der Waals surface area contributed by atoms with Crippen LogP contribution in [-0.4, -0.2) is 28.7 Å². The number of rotatable bonds is 2. The Morgan fingerprint density at radius 2 is 2.08 bits per heavy atom. The van der Waals surface area contributed by atoms with Crippen molar-refractivity contribution in [1.82, 2.24) is 0 Å². The summed E-state index contributed by atoms with van der Waals surface area (Å²) in [4.78, 5) is 12.3. The zero-order chi connectivity index (χ0) is 17.1. The van der Waals surface area contributed by atoms with E-state index in [-0.39, 0.29) is 35.2 Å². The molecule has 7 atom stereocenters. The normalized spacial score (nSPS) is 50.5. The number of allylic oxidation sites excluding steroid dienone is 2. The Morgan fingerprint density at radius 3 is 2.83 bits per heavy atom. The highest BCUT2D eigenvalue weighted by Gasteiger charge is 2.62. The molecular formula is C21H32O3. The van der Waals surface area contributed by atoms with Gasteiger partial charge in [-0.15, -0.1) is 0 Å². The topological polar surface area (TPSA) is 57.5 Å². The Labute approximate surface area is 145 Å². The van der Waals surface area contributed by atoms with E-state index in [0.29, 0.717) is 17.8 Å². The van der Waals surface area contributed by atoms with Gasteiger partial charge in [0.1, 0.15) is 6.61 Å². The van der Waals surface area contributed by atoms with Crippen LogP contribution in [0.25, 0.3) is 0 Å². The van der Waals surface area contributed by atoms with Crippen LogP contribution in [0.5, 0.6) is 0 Å². The van der Waals surface area contributed by atoms with Crippen LogP contribution in [0.1, 0.15) is 65.2 Å². The maximum absolute atomic E-state index is 12.3. The lowest BCUT2D eigenvalue weighted by atomic mass is 9.46. The summed E-state index contributed by atoms with van der Waals surface area (Å²) in [5.41, 5.74) is 1.65. The molecule has 0 saturated heterocycles. The van der Waals surface area contributed by atoms with Gasteiger partial charge in [-0.3, -0.25) is 4.79 Å². The van der Waals surface area contributed by atoms with E-state index in [0.717, 1.165) is 19.3 Å². The number of aliphatic hydroxyl groups is 2. The van der Waals surface area contributed by atoms with Gasteiger partial charge in [-0.2, -0.15) is 0 Å². The molecule has 0 aromatic rings. The molecule has 2 N–H and O–H groups in total. The Balaban J connectivity index is 1.69. The zero-order valence-electron chi connectivity index (χ0n) is 15.1. The molecule has 4 rings (SSSR count). The number of hydrogen-bond acceptors (Lipinski definition) is 3. The van der Waals surface area contributed by atoms with Gasteiger partial charge in [-0.1, -0.05) is 25.5 Å². The van der Waals surface area contributed by atoms with E-state index in [1.165, 1.54) is 32.1 Å². The molecule has 0 aliphatic heterocycles. The molecular weight excluding hydrogens is 300 g/mol. The quantitative estimate of drug-likeness (QED) is 0.761. The van der Waals surface area contributed by atoms with Crippen LogP contribution in [0.2, 0.25) is 0 Å². The second-order valence-electron chi connectivity index (χ2n) is 9.41. The zero-order valence-corrected chi connectivity index (χ0v) is 15.1. The molecule has 0 aromatic heterocycles. The highest BCUT2D eigenvalue weighted by molar-refractivity contribution is 5.83. The molecule has 0 unspecified atom stereocenters. The Hall–Kier alpha value is -0.670. The van der Waals surface area contributed by atoms with E-state index in [1.807, 2.05) is 0 Å². The fourth-order valence-electron chi connectivity index (χ4n) is 7.52.